The van der Waals surface area contributed by atoms with Gasteiger partial charge in [-0.1, -0.05) is 30.3 Å². The zero-order valence-corrected chi connectivity index (χ0v) is 18.2. The molecule has 4 rings (SSSR count). The number of para-hydroxylation sites is 2. The standard InChI is InChI=1S/C23H19FN4O4S/c1-32-22(31)18(10-13-11-25-17-8-4-2-6-14(13)17)26-12-15-20(29)27-23(33)28(21(15)30)19-9-5-3-7-16(19)24/h2-9,11-12,18,25,30H,10H2,1H3,(H,27,29,33). The molecule has 0 saturated heterocycles. The molecule has 0 saturated carbocycles. The number of methoxy groups -OCH3 is 1. The first-order valence-electron chi connectivity index (χ1n) is 9.90. The average molecular weight is 466 g/mol. The Kier molecular flexibility index (Phi) is 6.18. The van der Waals surface area contributed by atoms with E-state index < -0.39 is 29.3 Å². The molecule has 0 fully saturated rings. The number of nitrogens with zero attached hydrogens (tertiary/aromatic N) is 2. The van der Waals surface area contributed by atoms with E-state index in [4.69, 9.17) is 17.0 Å². The predicted molar refractivity (Wildman–Crippen MR) is 124 cm³/mol. The van der Waals surface area contributed by atoms with Crippen molar-refractivity contribution in [2.24, 2.45) is 4.99 Å². The van der Waals surface area contributed by atoms with E-state index in [1.54, 1.807) is 12.3 Å². The highest BCUT2D eigenvalue weighted by Gasteiger charge is 2.21. The van der Waals surface area contributed by atoms with Gasteiger partial charge in [-0.05, 0) is 36.0 Å². The Morgan fingerprint density at radius 3 is 2.76 bits per heavy atom. The number of hydrogen-bond donors (Lipinski definition) is 3. The van der Waals surface area contributed by atoms with E-state index in [-0.39, 0.29) is 22.4 Å². The first-order valence-corrected chi connectivity index (χ1v) is 10.3. The lowest BCUT2D eigenvalue weighted by Gasteiger charge is -2.13. The zero-order chi connectivity index (χ0) is 23.5. The van der Waals surface area contributed by atoms with Crippen LogP contribution < -0.4 is 5.56 Å². The largest absolute Gasteiger partial charge is 0.494 e. The molecule has 3 N–H and O–H groups in total. The van der Waals surface area contributed by atoms with E-state index >= 15 is 0 Å². The number of benzene rings is 2. The van der Waals surface area contributed by atoms with E-state index in [0.717, 1.165) is 27.2 Å². The van der Waals surface area contributed by atoms with Crippen molar-refractivity contribution >= 4 is 35.3 Å². The maximum atomic E-state index is 14.3. The lowest BCUT2D eigenvalue weighted by atomic mass is 10.1. The van der Waals surface area contributed by atoms with Crippen LogP contribution in [0.2, 0.25) is 0 Å². The number of halogens is 1. The van der Waals surface area contributed by atoms with Crippen LogP contribution in [0.3, 0.4) is 0 Å². The van der Waals surface area contributed by atoms with Gasteiger partial charge in [0.25, 0.3) is 5.56 Å². The lowest BCUT2D eigenvalue weighted by molar-refractivity contribution is -0.142. The molecule has 4 aromatic rings. The highest BCUT2D eigenvalue weighted by molar-refractivity contribution is 7.71. The Hall–Kier alpha value is -4.05. The van der Waals surface area contributed by atoms with Crippen LogP contribution in [0.1, 0.15) is 11.1 Å². The van der Waals surface area contributed by atoms with E-state index in [2.05, 4.69) is 15.0 Å². The van der Waals surface area contributed by atoms with Crippen LogP contribution in [0.25, 0.3) is 16.6 Å². The fourth-order valence-corrected chi connectivity index (χ4v) is 3.80. The number of carbonyl (C=O) groups is 1. The van der Waals surface area contributed by atoms with Gasteiger partial charge in [0.05, 0.1) is 12.8 Å². The Labute approximate surface area is 192 Å². The summed E-state index contributed by atoms with van der Waals surface area (Å²) in [4.78, 5) is 34.6. The van der Waals surface area contributed by atoms with Crippen molar-refractivity contribution in [3.8, 4) is 11.6 Å². The minimum absolute atomic E-state index is 0.0470. The monoisotopic (exact) mass is 466 g/mol. The van der Waals surface area contributed by atoms with E-state index in [1.807, 2.05) is 24.3 Å². The van der Waals surface area contributed by atoms with Gasteiger partial charge in [-0.15, -0.1) is 0 Å². The number of ether oxygens (including phenoxy) is 1. The second-order valence-corrected chi connectivity index (χ2v) is 7.55. The summed E-state index contributed by atoms with van der Waals surface area (Å²) >= 11 is 5.10. The molecule has 1 unspecified atom stereocenters. The van der Waals surface area contributed by atoms with Crippen molar-refractivity contribution in [2.45, 2.75) is 12.5 Å². The number of aromatic hydroxyl groups is 1. The van der Waals surface area contributed by atoms with Crippen LogP contribution in [0.15, 0.2) is 64.5 Å². The first kappa shape index (κ1) is 22.2. The van der Waals surface area contributed by atoms with E-state index in [0.29, 0.717) is 0 Å². The SMILES string of the molecule is COC(=O)C(Cc1c[nH]c2ccccc12)N=Cc1c(O)n(-c2ccccc2F)c(=S)[nH]c1=O. The summed E-state index contributed by atoms with van der Waals surface area (Å²) in [6.45, 7) is 0. The highest BCUT2D eigenvalue weighted by Crippen LogP contribution is 2.22. The molecule has 8 nitrogen and oxygen atoms in total. The number of carbonyl (C=O) groups excluding carboxylic acids is 1. The van der Waals surface area contributed by atoms with Crippen molar-refractivity contribution < 1.29 is 19.0 Å². The number of aliphatic imine (C=N–C) groups is 1. The number of rotatable bonds is 6. The fourth-order valence-electron chi connectivity index (χ4n) is 3.52. The molecule has 168 valence electrons. The first-order chi connectivity index (χ1) is 15.9. The number of aromatic nitrogens is 3. The second-order valence-electron chi connectivity index (χ2n) is 7.16. The van der Waals surface area contributed by atoms with Gasteiger partial charge in [0.1, 0.15) is 11.4 Å². The maximum Gasteiger partial charge on any atom is 0.330 e. The predicted octanol–water partition coefficient (Wildman–Crippen LogP) is 3.42. The summed E-state index contributed by atoms with van der Waals surface area (Å²) in [5, 5.41) is 11.7. The van der Waals surface area contributed by atoms with Crippen molar-refractivity contribution in [3.63, 3.8) is 0 Å². The van der Waals surface area contributed by atoms with Gasteiger partial charge in [-0.3, -0.25) is 19.3 Å². The molecular weight excluding hydrogens is 447 g/mol. The molecule has 1 atom stereocenters. The van der Waals surface area contributed by atoms with E-state index in [1.165, 1.54) is 25.3 Å². The smallest absolute Gasteiger partial charge is 0.330 e. The third-order valence-electron chi connectivity index (χ3n) is 5.16. The number of fused-ring (bicyclic) bond motifs is 1. The number of hydrogen-bond acceptors (Lipinski definition) is 6. The van der Waals surface area contributed by atoms with Crippen molar-refractivity contribution in [3.05, 3.63) is 86.8 Å². The number of esters is 1. The third-order valence-corrected chi connectivity index (χ3v) is 5.44. The summed E-state index contributed by atoms with van der Waals surface area (Å²) in [6.07, 6.45) is 3.04. The summed E-state index contributed by atoms with van der Waals surface area (Å²) in [5.74, 6) is -1.87. The van der Waals surface area contributed by atoms with E-state index in [9.17, 15) is 19.1 Å². The molecule has 2 aromatic heterocycles. The Balaban J connectivity index is 1.75. The fraction of sp³-hybridized carbons (Fsp3) is 0.130. The third kappa shape index (κ3) is 4.33. The van der Waals surface area contributed by atoms with Gasteiger partial charge in [-0.2, -0.15) is 0 Å². The van der Waals surface area contributed by atoms with Crippen molar-refractivity contribution in [1.29, 1.82) is 0 Å². The molecule has 2 heterocycles. The van der Waals surface area contributed by atoms with Crippen LogP contribution in [0.4, 0.5) is 4.39 Å². The summed E-state index contributed by atoms with van der Waals surface area (Å²) < 4.78 is 20.0. The normalized spacial score (nSPS) is 12.3. The van der Waals surface area contributed by atoms with Gasteiger partial charge in [0.2, 0.25) is 5.88 Å². The minimum Gasteiger partial charge on any atom is -0.494 e. The number of aromatic amines is 2. The molecule has 0 aliphatic carbocycles. The summed E-state index contributed by atoms with van der Waals surface area (Å²) in [7, 11) is 1.24. The van der Waals surface area contributed by atoms with Crippen molar-refractivity contribution in [1.82, 2.24) is 14.5 Å². The summed E-state index contributed by atoms with van der Waals surface area (Å²) in [5.41, 5.74) is 0.679. The summed E-state index contributed by atoms with van der Waals surface area (Å²) in [6, 6.07) is 12.2. The Morgan fingerprint density at radius 2 is 2.00 bits per heavy atom. The van der Waals surface area contributed by atoms with Gasteiger partial charge < -0.3 is 14.8 Å². The highest BCUT2D eigenvalue weighted by atomic mass is 32.1. The molecule has 0 amide bonds. The molecule has 0 bridgehead atoms. The Morgan fingerprint density at radius 1 is 1.27 bits per heavy atom. The van der Waals surface area contributed by atoms with Crippen LogP contribution in [-0.4, -0.2) is 45.0 Å². The number of H-pyrrole nitrogens is 2. The molecule has 0 aliphatic rings. The topological polar surface area (TPSA) is 112 Å². The van der Waals surface area contributed by atoms with Crippen LogP contribution in [0, 0.1) is 10.6 Å². The molecular formula is C23H19FN4O4S. The molecule has 2 aromatic carbocycles. The molecule has 33 heavy (non-hydrogen) atoms. The molecule has 10 heteroatoms. The molecule has 0 spiro atoms. The van der Waals surface area contributed by atoms with Gasteiger partial charge >= 0.3 is 5.97 Å². The van der Waals surface area contributed by atoms with Crippen LogP contribution in [-0.2, 0) is 16.0 Å². The van der Waals surface area contributed by atoms with Crippen LogP contribution >= 0.6 is 12.2 Å². The van der Waals surface area contributed by atoms with Gasteiger partial charge in [0, 0.05) is 29.7 Å². The van der Waals surface area contributed by atoms with Crippen LogP contribution in [0.5, 0.6) is 5.88 Å². The maximum absolute atomic E-state index is 14.3. The lowest BCUT2D eigenvalue weighted by Crippen LogP contribution is -2.24. The minimum atomic E-state index is -0.988. The second kappa shape index (κ2) is 9.21. The number of nitrogens with one attached hydrogen (secondary N) is 2. The average Bonchev–Trinajstić information content (AvgIpc) is 3.21. The molecule has 0 aliphatic heterocycles. The quantitative estimate of drug-likeness (QED) is 0.229. The zero-order valence-electron chi connectivity index (χ0n) is 17.4. The Bertz CT molecular complexity index is 1490. The van der Waals surface area contributed by atoms with Gasteiger partial charge in [-0.25, -0.2) is 9.18 Å². The van der Waals surface area contributed by atoms with Crippen molar-refractivity contribution in [2.75, 3.05) is 7.11 Å². The molecule has 0 radical (unpaired) electrons. The van der Waals surface area contributed by atoms with Gasteiger partial charge in [0.15, 0.2) is 10.8 Å².